The van der Waals surface area contributed by atoms with E-state index in [2.05, 4.69) is 17.2 Å². The van der Waals surface area contributed by atoms with Crippen molar-refractivity contribution in [1.29, 1.82) is 0 Å². The maximum Gasteiger partial charge on any atom is 0.362 e. The number of anilines is 1. The van der Waals surface area contributed by atoms with Gasteiger partial charge in [-0.05, 0) is 13.3 Å². The van der Waals surface area contributed by atoms with Crippen molar-refractivity contribution in [3.63, 3.8) is 0 Å². The van der Waals surface area contributed by atoms with Crippen LogP contribution in [-0.4, -0.2) is 27.6 Å². The van der Waals surface area contributed by atoms with Gasteiger partial charge < -0.3 is 10.5 Å². The summed E-state index contributed by atoms with van der Waals surface area (Å²) in [6.45, 7) is 4.78. The summed E-state index contributed by atoms with van der Waals surface area (Å²) in [5, 5.41) is 7.50. The van der Waals surface area contributed by atoms with Crippen molar-refractivity contribution in [2.75, 3.05) is 12.3 Å². The third-order valence-corrected chi connectivity index (χ3v) is 1.97. The van der Waals surface area contributed by atoms with E-state index in [9.17, 15) is 4.79 Å². The van der Waals surface area contributed by atoms with Crippen molar-refractivity contribution in [2.24, 2.45) is 0 Å². The van der Waals surface area contributed by atoms with Gasteiger partial charge in [-0.3, -0.25) is 0 Å². The highest BCUT2D eigenvalue weighted by molar-refractivity contribution is 5.91. The number of nitrogens with two attached hydrogens (primary N) is 1. The molecule has 0 bridgehead atoms. The Morgan fingerprint density at radius 1 is 1.53 bits per heavy atom. The third kappa shape index (κ3) is 2.68. The van der Waals surface area contributed by atoms with Crippen molar-refractivity contribution < 1.29 is 9.53 Å². The van der Waals surface area contributed by atoms with Crippen LogP contribution >= 0.6 is 0 Å². The molecule has 0 unspecified atom stereocenters. The summed E-state index contributed by atoms with van der Waals surface area (Å²) < 4.78 is 6.32. The number of aromatic nitrogens is 3. The molecule has 0 radical (unpaired) electrons. The van der Waals surface area contributed by atoms with Gasteiger partial charge in [0.25, 0.3) is 0 Å². The van der Waals surface area contributed by atoms with E-state index in [4.69, 9.17) is 10.5 Å². The molecule has 0 fully saturated rings. The van der Waals surface area contributed by atoms with Crippen molar-refractivity contribution in [2.45, 2.75) is 33.2 Å². The van der Waals surface area contributed by atoms with Gasteiger partial charge >= 0.3 is 5.97 Å². The monoisotopic (exact) mass is 212 g/mol. The normalized spacial score (nSPS) is 10.3. The summed E-state index contributed by atoms with van der Waals surface area (Å²) in [6.07, 6.45) is 1.99. The molecule has 0 saturated carbocycles. The van der Waals surface area contributed by atoms with E-state index in [-0.39, 0.29) is 11.5 Å². The zero-order valence-corrected chi connectivity index (χ0v) is 9.06. The van der Waals surface area contributed by atoms with E-state index < -0.39 is 5.97 Å². The summed E-state index contributed by atoms with van der Waals surface area (Å²) in [5.41, 5.74) is 5.82. The molecule has 1 aromatic heterocycles. The van der Waals surface area contributed by atoms with Gasteiger partial charge in [-0.25, -0.2) is 9.48 Å². The second-order valence-corrected chi connectivity index (χ2v) is 3.12. The first-order valence-corrected chi connectivity index (χ1v) is 5.06. The van der Waals surface area contributed by atoms with Crippen molar-refractivity contribution >= 4 is 11.8 Å². The molecule has 0 atom stereocenters. The van der Waals surface area contributed by atoms with E-state index in [0.717, 1.165) is 12.8 Å². The zero-order chi connectivity index (χ0) is 11.3. The third-order valence-electron chi connectivity index (χ3n) is 1.97. The molecule has 0 spiro atoms. The summed E-state index contributed by atoms with van der Waals surface area (Å²) in [4.78, 5) is 11.3. The molecular formula is C9H16N4O2. The quantitative estimate of drug-likeness (QED) is 0.731. The first kappa shape index (κ1) is 11.5. The predicted molar refractivity (Wildman–Crippen MR) is 55.3 cm³/mol. The minimum Gasteiger partial charge on any atom is -0.461 e. The number of ether oxygens (including phenoxy) is 1. The van der Waals surface area contributed by atoms with Gasteiger partial charge in [0.15, 0.2) is 5.82 Å². The predicted octanol–water partition coefficient (Wildman–Crippen LogP) is 0.837. The van der Waals surface area contributed by atoms with Crippen LogP contribution in [0.1, 0.15) is 37.2 Å². The second kappa shape index (κ2) is 5.33. The molecule has 0 amide bonds. The summed E-state index contributed by atoms with van der Waals surface area (Å²) >= 11 is 0. The molecule has 15 heavy (non-hydrogen) atoms. The lowest BCUT2D eigenvalue weighted by Crippen LogP contribution is -2.10. The topological polar surface area (TPSA) is 83.0 Å². The number of carbonyl (C=O) groups excluding carboxylic acids is 1. The summed E-state index contributed by atoms with van der Waals surface area (Å²) in [6, 6.07) is 0. The van der Waals surface area contributed by atoms with Crippen LogP contribution < -0.4 is 5.73 Å². The van der Waals surface area contributed by atoms with Crippen LogP contribution in [0.3, 0.4) is 0 Å². The van der Waals surface area contributed by atoms with E-state index in [1.807, 2.05) is 0 Å². The van der Waals surface area contributed by atoms with Gasteiger partial charge in [0, 0.05) is 6.54 Å². The van der Waals surface area contributed by atoms with Gasteiger partial charge in [0.1, 0.15) is 0 Å². The number of carbonyl (C=O) groups is 1. The van der Waals surface area contributed by atoms with Crippen LogP contribution in [0, 0.1) is 0 Å². The van der Waals surface area contributed by atoms with E-state index in [1.165, 1.54) is 4.68 Å². The number of hydrogen-bond acceptors (Lipinski definition) is 5. The van der Waals surface area contributed by atoms with Gasteiger partial charge in [-0.2, -0.15) is 0 Å². The Labute approximate surface area is 88.4 Å². The molecule has 0 aromatic carbocycles. The van der Waals surface area contributed by atoms with Gasteiger partial charge in [0.2, 0.25) is 5.69 Å². The maximum atomic E-state index is 11.3. The average Bonchev–Trinajstić information content (AvgIpc) is 2.57. The molecular weight excluding hydrogens is 196 g/mol. The molecule has 6 heteroatoms. The highest BCUT2D eigenvalue weighted by atomic mass is 16.5. The minimum absolute atomic E-state index is 0.105. The molecule has 0 saturated heterocycles. The zero-order valence-electron chi connectivity index (χ0n) is 9.06. The molecule has 2 N–H and O–H groups in total. The lowest BCUT2D eigenvalue weighted by atomic mass is 10.3. The first-order valence-electron chi connectivity index (χ1n) is 5.06. The van der Waals surface area contributed by atoms with E-state index in [0.29, 0.717) is 13.2 Å². The lowest BCUT2D eigenvalue weighted by Gasteiger charge is -2.01. The Kier molecular flexibility index (Phi) is 4.08. The summed E-state index contributed by atoms with van der Waals surface area (Å²) in [7, 11) is 0. The Morgan fingerprint density at radius 2 is 2.27 bits per heavy atom. The standard InChI is InChI=1S/C9H16N4O2/c1-3-5-6-13-8(10)7(11-12-13)9(14)15-4-2/h3-6,10H2,1-2H3. The number of aryl methyl sites for hydroxylation is 1. The van der Waals surface area contributed by atoms with Gasteiger partial charge in [-0.1, -0.05) is 18.6 Å². The molecule has 1 heterocycles. The van der Waals surface area contributed by atoms with E-state index >= 15 is 0 Å². The first-order chi connectivity index (χ1) is 7.20. The van der Waals surface area contributed by atoms with Crippen molar-refractivity contribution in [1.82, 2.24) is 15.0 Å². The molecule has 6 nitrogen and oxygen atoms in total. The number of rotatable bonds is 5. The fourth-order valence-corrected chi connectivity index (χ4v) is 1.14. The van der Waals surface area contributed by atoms with Crippen molar-refractivity contribution in [3.05, 3.63) is 5.69 Å². The van der Waals surface area contributed by atoms with Crippen LogP contribution in [0.15, 0.2) is 0 Å². The molecule has 0 aliphatic rings. The fraction of sp³-hybridized carbons (Fsp3) is 0.667. The molecule has 0 aliphatic carbocycles. The smallest absolute Gasteiger partial charge is 0.362 e. The second-order valence-electron chi connectivity index (χ2n) is 3.12. The van der Waals surface area contributed by atoms with Gasteiger partial charge in [-0.15, -0.1) is 5.10 Å². The number of hydrogen-bond donors (Lipinski definition) is 1. The highest BCUT2D eigenvalue weighted by Gasteiger charge is 2.17. The molecule has 1 rings (SSSR count). The Morgan fingerprint density at radius 3 is 2.87 bits per heavy atom. The number of nitrogen functional groups attached to an aromatic ring is 1. The molecule has 84 valence electrons. The molecule has 0 aliphatic heterocycles. The highest BCUT2D eigenvalue weighted by Crippen LogP contribution is 2.10. The minimum atomic E-state index is -0.516. The fourth-order valence-electron chi connectivity index (χ4n) is 1.14. The molecule has 1 aromatic rings. The maximum absolute atomic E-state index is 11.3. The van der Waals surface area contributed by atoms with Crippen LogP contribution in [0.5, 0.6) is 0 Å². The number of esters is 1. The largest absolute Gasteiger partial charge is 0.461 e. The number of unbranched alkanes of at least 4 members (excludes halogenated alkanes) is 1. The average molecular weight is 212 g/mol. The Bertz CT molecular complexity index is 335. The Hall–Kier alpha value is -1.59. The SMILES string of the molecule is CCCCn1nnc(C(=O)OCC)c1N. The van der Waals surface area contributed by atoms with Crippen LogP contribution in [0.4, 0.5) is 5.82 Å². The Balaban J connectivity index is 2.74. The van der Waals surface area contributed by atoms with Crippen LogP contribution in [0.2, 0.25) is 0 Å². The number of nitrogens with zero attached hydrogens (tertiary/aromatic N) is 3. The van der Waals surface area contributed by atoms with E-state index in [1.54, 1.807) is 6.92 Å². The van der Waals surface area contributed by atoms with Crippen LogP contribution in [-0.2, 0) is 11.3 Å². The van der Waals surface area contributed by atoms with Crippen LogP contribution in [0.25, 0.3) is 0 Å². The summed E-state index contributed by atoms with van der Waals surface area (Å²) in [5.74, 6) is -0.236. The van der Waals surface area contributed by atoms with Crippen molar-refractivity contribution in [3.8, 4) is 0 Å². The lowest BCUT2D eigenvalue weighted by molar-refractivity contribution is 0.0520. The van der Waals surface area contributed by atoms with Gasteiger partial charge in [0.05, 0.1) is 6.61 Å².